The van der Waals surface area contributed by atoms with Crippen LogP contribution in [-0.4, -0.2) is 20.8 Å². The molecule has 0 amide bonds. The van der Waals surface area contributed by atoms with E-state index in [1.807, 2.05) is 0 Å². The second kappa shape index (κ2) is 4.76. The highest BCUT2D eigenvalue weighted by atomic mass is 79.9. The van der Waals surface area contributed by atoms with Gasteiger partial charge in [0.15, 0.2) is 0 Å². The van der Waals surface area contributed by atoms with Crippen LogP contribution in [0, 0.1) is 0 Å². The minimum absolute atomic E-state index is 0.0847. The molecule has 1 unspecified atom stereocenters. The number of aliphatic hydroxyl groups is 1. The van der Waals surface area contributed by atoms with Gasteiger partial charge in [0.1, 0.15) is 0 Å². The van der Waals surface area contributed by atoms with Gasteiger partial charge in [0, 0.05) is 4.47 Å². The standard InChI is InChI=1S/C11H10BrClN2O2/c1-6(16)5-15-10(17)9-7(12)3-2-4-8(9)14-11(15)13/h2-4,6,16H,5H2,1H3. The molecular weight excluding hydrogens is 307 g/mol. The number of benzene rings is 1. The molecule has 90 valence electrons. The highest BCUT2D eigenvalue weighted by Gasteiger charge is 2.12. The SMILES string of the molecule is CC(O)Cn1c(Cl)nc2cccc(Br)c2c1=O. The lowest BCUT2D eigenvalue weighted by Gasteiger charge is -2.11. The highest BCUT2D eigenvalue weighted by Crippen LogP contribution is 2.20. The molecule has 0 fully saturated rings. The number of fused-ring (bicyclic) bond motifs is 1. The van der Waals surface area contributed by atoms with Crippen molar-refractivity contribution in [2.75, 3.05) is 0 Å². The van der Waals surface area contributed by atoms with Crippen LogP contribution < -0.4 is 5.56 Å². The van der Waals surface area contributed by atoms with E-state index in [2.05, 4.69) is 20.9 Å². The third-order valence-electron chi connectivity index (χ3n) is 2.33. The van der Waals surface area contributed by atoms with Gasteiger partial charge < -0.3 is 5.11 Å². The topological polar surface area (TPSA) is 55.1 Å². The van der Waals surface area contributed by atoms with Crippen molar-refractivity contribution >= 4 is 38.4 Å². The lowest BCUT2D eigenvalue weighted by atomic mass is 10.2. The predicted octanol–water partition coefficient (Wildman–Crippen LogP) is 2.19. The summed E-state index contributed by atoms with van der Waals surface area (Å²) in [7, 11) is 0. The molecule has 0 saturated carbocycles. The van der Waals surface area contributed by atoms with E-state index in [0.29, 0.717) is 15.4 Å². The van der Waals surface area contributed by atoms with E-state index >= 15 is 0 Å². The summed E-state index contributed by atoms with van der Waals surface area (Å²) in [4.78, 5) is 16.3. The second-order valence-corrected chi connectivity index (χ2v) is 4.97. The van der Waals surface area contributed by atoms with Gasteiger partial charge in [0.25, 0.3) is 5.56 Å². The fraction of sp³-hybridized carbons (Fsp3) is 0.273. The van der Waals surface area contributed by atoms with Gasteiger partial charge in [0.05, 0.1) is 23.6 Å². The molecule has 6 heteroatoms. The molecule has 1 heterocycles. The second-order valence-electron chi connectivity index (χ2n) is 3.78. The Kier molecular flexibility index (Phi) is 3.51. The molecule has 0 radical (unpaired) electrons. The largest absolute Gasteiger partial charge is 0.392 e. The summed E-state index contributed by atoms with van der Waals surface area (Å²) in [6, 6.07) is 5.28. The number of nitrogens with zero attached hydrogens (tertiary/aromatic N) is 2. The molecule has 0 spiro atoms. The summed E-state index contributed by atoms with van der Waals surface area (Å²) in [5.41, 5.74) is 0.282. The van der Waals surface area contributed by atoms with Crippen LogP contribution >= 0.6 is 27.5 Å². The van der Waals surface area contributed by atoms with Crippen LogP contribution in [0.25, 0.3) is 10.9 Å². The van der Waals surface area contributed by atoms with Crippen molar-refractivity contribution in [3.05, 3.63) is 38.3 Å². The smallest absolute Gasteiger partial charge is 0.263 e. The fourth-order valence-corrected chi connectivity index (χ4v) is 2.38. The average molecular weight is 318 g/mol. The van der Waals surface area contributed by atoms with Gasteiger partial charge in [-0.1, -0.05) is 6.07 Å². The molecule has 1 aromatic heterocycles. The maximum atomic E-state index is 12.2. The van der Waals surface area contributed by atoms with Crippen molar-refractivity contribution in [1.29, 1.82) is 0 Å². The molecule has 17 heavy (non-hydrogen) atoms. The predicted molar refractivity (Wildman–Crippen MR) is 70.4 cm³/mol. The van der Waals surface area contributed by atoms with Crippen molar-refractivity contribution in [2.45, 2.75) is 19.6 Å². The van der Waals surface area contributed by atoms with Crippen LogP contribution in [0.1, 0.15) is 6.92 Å². The Morgan fingerprint density at radius 2 is 2.29 bits per heavy atom. The lowest BCUT2D eigenvalue weighted by molar-refractivity contribution is 0.172. The van der Waals surface area contributed by atoms with E-state index in [0.717, 1.165) is 0 Å². The molecule has 0 aliphatic carbocycles. The molecule has 2 aromatic rings. The summed E-state index contributed by atoms with van der Waals surface area (Å²) in [5.74, 6) is 0. The monoisotopic (exact) mass is 316 g/mol. The third kappa shape index (κ3) is 2.36. The summed E-state index contributed by atoms with van der Waals surface area (Å²) in [6.45, 7) is 1.72. The Morgan fingerprint density at radius 1 is 1.59 bits per heavy atom. The maximum absolute atomic E-state index is 12.2. The van der Waals surface area contributed by atoms with Gasteiger partial charge in [-0.25, -0.2) is 4.98 Å². The van der Waals surface area contributed by atoms with Gasteiger partial charge in [-0.3, -0.25) is 9.36 Å². The van der Waals surface area contributed by atoms with Gasteiger partial charge in [-0.2, -0.15) is 0 Å². The number of aliphatic hydroxyl groups excluding tert-OH is 1. The van der Waals surface area contributed by atoms with Crippen molar-refractivity contribution in [3.63, 3.8) is 0 Å². The highest BCUT2D eigenvalue weighted by molar-refractivity contribution is 9.10. The number of rotatable bonds is 2. The van der Waals surface area contributed by atoms with Crippen LogP contribution in [0.5, 0.6) is 0 Å². The molecule has 1 atom stereocenters. The van der Waals surface area contributed by atoms with Crippen LogP contribution in [0.3, 0.4) is 0 Å². The first-order chi connectivity index (χ1) is 8.00. The zero-order valence-electron chi connectivity index (χ0n) is 9.02. The fourth-order valence-electron chi connectivity index (χ4n) is 1.62. The van der Waals surface area contributed by atoms with Crippen LogP contribution in [-0.2, 0) is 6.54 Å². The summed E-state index contributed by atoms with van der Waals surface area (Å²) >= 11 is 9.24. The number of hydrogen-bond donors (Lipinski definition) is 1. The molecule has 1 N–H and O–H groups in total. The van der Waals surface area contributed by atoms with Gasteiger partial charge in [0.2, 0.25) is 5.28 Å². The Morgan fingerprint density at radius 3 is 2.94 bits per heavy atom. The van der Waals surface area contributed by atoms with Crippen LogP contribution in [0.15, 0.2) is 27.5 Å². The molecule has 0 aliphatic rings. The zero-order chi connectivity index (χ0) is 12.6. The van der Waals surface area contributed by atoms with Crippen LogP contribution in [0.2, 0.25) is 5.28 Å². The molecule has 4 nitrogen and oxygen atoms in total. The number of aromatic nitrogens is 2. The van der Waals surface area contributed by atoms with E-state index in [-0.39, 0.29) is 17.4 Å². The van der Waals surface area contributed by atoms with Crippen molar-refractivity contribution in [3.8, 4) is 0 Å². The molecular formula is C11H10BrClN2O2. The number of hydrogen-bond acceptors (Lipinski definition) is 3. The maximum Gasteiger partial charge on any atom is 0.263 e. The Bertz CT molecular complexity index is 625. The molecule has 0 saturated heterocycles. The van der Waals surface area contributed by atoms with Crippen LogP contribution in [0.4, 0.5) is 0 Å². The van der Waals surface area contributed by atoms with Crippen molar-refractivity contribution < 1.29 is 5.11 Å². The summed E-state index contributed by atoms with van der Waals surface area (Å²) in [5, 5.41) is 9.89. The minimum atomic E-state index is -0.660. The Hall–Kier alpha value is -0.910. The molecule has 0 bridgehead atoms. The first-order valence-corrected chi connectivity index (χ1v) is 6.20. The van der Waals surface area contributed by atoms with Gasteiger partial charge in [-0.15, -0.1) is 0 Å². The normalized spacial score (nSPS) is 12.9. The van der Waals surface area contributed by atoms with E-state index in [1.165, 1.54) is 4.57 Å². The lowest BCUT2D eigenvalue weighted by Crippen LogP contribution is -2.27. The Balaban J connectivity index is 2.79. The van der Waals surface area contributed by atoms with Gasteiger partial charge >= 0.3 is 0 Å². The van der Waals surface area contributed by atoms with E-state index < -0.39 is 6.10 Å². The van der Waals surface area contributed by atoms with E-state index in [1.54, 1.807) is 25.1 Å². The van der Waals surface area contributed by atoms with Crippen molar-refractivity contribution in [2.24, 2.45) is 0 Å². The minimum Gasteiger partial charge on any atom is -0.392 e. The van der Waals surface area contributed by atoms with E-state index in [9.17, 15) is 9.90 Å². The molecule has 0 aliphatic heterocycles. The number of halogens is 2. The summed E-state index contributed by atoms with van der Waals surface area (Å²) in [6.07, 6.45) is -0.660. The molecule has 1 aromatic carbocycles. The average Bonchev–Trinajstić information content (AvgIpc) is 2.23. The Labute approximate surface area is 111 Å². The first kappa shape index (κ1) is 12.5. The van der Waals surface area contributed by atoms with Gasteiger partial charge in [-0.05, 0) is 46.6 Å². The molecule has 2 rings (SSSR count). The van der Waals surface area contributed by atoms with E-state index in [4.69, 9.17) is 11.6 Å². The zero-order valence-corrected chi connectivity index (χ0v) is 11.4. The summed E-state index contributed by atoms with van der Waals surface area (Å²) < 4.78 is 1.93. The van der Waals surface area contributed by atoms with Crippen molar-refractivity contribution in [1.82, 2.24) is 9.55 Å². The third-order valence-corrected chi connectivity index (χ3v) is 3.28. The first-order valence-electron chi connectivity index (χ1n) is 5.03. The quantitative estimate of drug-likeness (QED) is 0.864.